The average Bonchev–Trinajstić information content (AvgIpc) is 2.36. The summed E-state index contributed by atoms with van der Waals surface area (Å²) in [4.78, 5) is 33.0. The number of rotatable bonds is 4. The van der Waals surface area contributed by atoms with Crippen LogP contribution < -0.4 is 5.32 Å². The van der Waals surface area contributed by atoms with Crippen LogP contribution in [0.5, 0.6) is 0 Å². The van der Waals surface area contributed by atoms with Gasteiger partial charge in [0, 0.05) is 12.6 Å². The maximum absolute atomic E-state index is 11.3. The van der Waals surface area contributed by atoms with Crippen molar-refractivity contribution in [3.8, 4) is 0 Å². The molecule has 0 radical (unpaired) electrons. The molecule has 0 aliphatic rings. The quantitative estimate of drug-likeness (QED) is 0.806. The number of carbonyl (C=O) groups is 3. The average molecular weight is 251 g/mol. The SMILES string of the molecule is COC(=O)c1ccc(NC(=O)COC(C)=O)cc1. The van der Waals surface area contributed by atoms with Gasteiger partial charge in [0.1, 0.15) is 0 Å². The number of amides is 1. The van der Waals surface area contributed by atoms with Crippen LogP contribution in [-0.2, 0) is 19.1 Å². The first-order valence-corrected chi connectivity index (χ1v) is 5.14. The van der Waals surface area contributed by atoms with Gasteiger partial charge in [-0.1, -0.05) is 0 Å². The topological polar surface area (TPSA) is 81.7 Å². The molecule has 1 aromatic carbocycles. The van der Waals surface area contributed by atoms with Crippen molar-refractivity contribution in [3.63, 3.8) is 0 Å². The number of hydrogen-bond acceptors (Lipinski definition) is 5. The van der Waals surface area contributed by atoms with Gasteiger partial charge < -0.3 is 14.8 Å². The predicted octanol–water partition coefficient (Wildman–Crippen LogP) is 0.975. The van der Waals surface area contributed by atoms with Gasteiger partial charge in [0.2, 0.25) is 0 Å². The van der Waals surface area contributed by atoms with E-state index in [1.54, 1.807) is 12.1 Å². The monoisotopic (exact) mass is 251 g/mol. The van der Waals surface area contributed by atoms with Gasteiger partial charge >= 0.3 is 11.9 Å². The van der Waals surface area contributed by atoms with Crippen molar-refractivity contribution in [3.05, 3.63) is 29.8 Å². The molecule has 6 heteroatoms. The summed E-state index contributed by atoms with van der Waals surface area (Å²) in [5, 5.41) is 2.51. The second kappa shape index (κ2) is 6.39. The summed E-state index contributed by atoms with van der Waals surface area (Å²) in [6.07, 6.45) is 0. The van der Waals surface area contributed by atoms with Crippen molar-refractivity contribution in [2.45, 2.75) is 6.92 Å². The van der Waals surface area contributed by atoms with Gasteiger partial charge in [-0.3, -0.25) is 9.59 Å². The highest BCUT2D eigenvalue weighted by Crippen LogP contribution is 2.10. The summed E-state index contributed by atoms with van der Waals surface area (Å²) >= 11 is 0. The summed E-state index contributed by atoms with van der Waals surface area (Å²) in [5.41, 5.74) is 0.885. The Bertz CT molecular complexity index is 452. The van der Waals surface area contributed by atoms with Crippen LogP contribution in [0.4, 0.5) is 5.69 Å². The molecule has 0 fully saturated rings. The maximum Gasteiger partial charge on any atom is 0.337 e. The fourth-order valence-electron chi connectivity index (χ4n) is 1.17. The fraction of sp³-hybridized carbons (Fsp3) is 0.250. The number of hydrogen-bond donors (Lipinski definition) is 1. The minimum atomic E-state index is -0.522. The maximum atomic E-state index is 11.3. The van der Waals surface area contributed by atoms with Crippen LogP contribution in [0.15, 0.2) is 24.3 Å². The van der Waals surface area contributed by atoms with Gasteiger partial charge in [-0.2, -0.15) is 0 Å². The van der Waals surface area contributed by atoms with Gasteiger partial charge in [0.05, 0.1) is 12.7 Å². The molecule has 6 nitrogen and oxygen atoms in total. The van der Waals surface area contributed by atoms with E-state index in [4.69, 9.17) is 0 Å². The van der Waals surface area contributed by atoms with E-state index in [1.807, 2.05) is 0 Å². The Hall–Kier alpha value is -2.37. The van der Waals surface area contributed by atoms with E-state index in [0.717, 1.165) is 0 Å². The Kier molecular flexibility index (Phi) is 4.86. The third-order valence-corrected chi connectivity index (χ3v) is 2.00. The van der Waals surface area contributed by atoms with E-state index in [0.29, 0.717) is 11.3 Å². The zero-order valence-corrected chi connectivity index (χ0v) is 10.1. The first-order valence-electron chi connectivity index (χ1n) is 5.14. The van der Waals surface area contributed by atoms with E-state index in [1.165, 1.54) is 26.2 Å². The minimum absolute atomic E-state index is 0.339. The molecule has 1 amide bonds. The molecule has 0 spiro atoms. The molecule has 0 aromatic heterocycles. The lowest BCUT2D eigenvalue weighted by atomic mass is 10.2. The third kappa shape index (κ3) is 4.25. The molecule has 0 atom stereocenters. The van der Waals surface area contributed by atoms with Crippen molar-refractivity contribution in [1.82, 2.24) is 0 Å². The summed E-state index contributed by atoms with van der Waals surface area (Å²) < 4.78 is 9.07. The minimum Gasteiger partial charge on any atom is -0.465 e. The molecule has 0 unspecified atom stereocenters. The number of methoxy groups -OCH3 is 1. The molecule has 0 saturated carbocycles. The highest BCUT2D eigenvalue weighted by molar-refractivity contribution is 5.94. The molecule has 0 saturated heterocycles. The van der Waals surface area contributed by atoms with Crippen LogP contribution in [-0.4, -0.2) is 31.6 Å². The van der Waals surface area contributed by atoms with Crippen molar-refractivity contribution >= 4 is 23.5 Å². The van der Waals surface area contributed by atoms with Crippen molar-refractivity contribution in [2.24, 2.45) is 0 Å². The number of benzene rings is 1. The standard InChI is InChI=1S/C12H13NO5/c1-8(14)18-7-11(15)13-10-5-3-9(4-6-10)12(16)17-2/h3-6H,7H2,1-2H3,(H,13,15). The van der Waals surface area contributed by atoms with Gasteiger partial charge in [-0.15, -0.1) is 0 Å². The van der Waals surface area contributed by atoms with E-state index in [-0.39, 0.29) is 6.61 Å². The van der Waals surface area contributed by atoms with Gasteiger partial charge in [-0.05, 0) is 24.3 Å². The van der Waals surface area contributed by atoms with Gasteiger partial charge in [0.15, 0.2) is 6.61 Å². The van der Waals surface area contributed by atoms with E-state index in [9.17, 15) is 14.4 Å². The number of carbonyl (C=O) groups excluding carboxylic acids is 3. The van der Waals surface area contributed by atoms with Gasteiger partial charge in [0.25, 0.3) is 5.91 Å². The molecule has 1 N–H and O–H groups in total. The molecule has 0 bridgehead atoms. The first kappa shape index (κ1) is 13.7. The lowest BCUT2D eigenvalue weighted by Gasteiger charge is -2.06. The van der Waals surface area contributed by atoms with E-state index in [2.05, 4.69) is 14.8 Å². The van der Waals surface area contributed by atoms with Crippen molar-refractivity contribution < 1.29 is 23.9 Å². The van der Waals surface area contributed by atoms with Gasteiger partial charge in [-0.25, -0.2) is 4.79 Å². The first-order chi connectivity index (χ1) is 8.52. The molecule has 0 heterocycles. The van der Waals surface area contributed by atoms with Crippen LogP contribution in [0.3, 0.4) is 0 Å². The Balaban J connectivity index is 2.55. The molecule has 0 aliphatic carbocycles. The Morgan fingerprint density at radius 1 is 1.17 bits per heavy atom. The van der Waals surface area contributed by atoms with Crippen molar-refractivity contribution in [1.29, 1.82) is 0 Å². The van der Waals surface area contributed by atoms with Crippen LogP contribution in [0.25, 0.3) is 0 Å². The molecule has 0 aliphatic heterocycles. The zero-order valence-electron chi connectivity index (χ0n) is 10.1. The largest absolute Gasteiger partial charge is 0.465 e. The smallest absolute Gasteiger partial charge is 0.337 e. The summed E-state index contributed by atoms with van der Waals surface area (Å²) in [7, 11) is 1.29. The third-order valence-electron chi connectivity index (χ3n) is 2.00. The molecule has 1 aromatic rings. The predicted molar refractivity (Wildman–Crippen MR) is 63.0 cm³/mol. The van der Waals surface area contributed by atoms with Crippen LogP contribution in [0, 0.1) is 0 Å². The highest BCUT2D eigenvalue weighted by atomic mass is 16.5. The number of anilines is 1. The van der Waals surface area contributed by atoms with E-state index >= 15 is 0 Å². The normalized spacial score (nSPS) is 9.44. The number of nitrogens with one attached hydrogen (secondary N) is 1. The van der Waals surface area contributed by atoms with Crippen LogP contribution >= 0.6 is 0 Å². The van der Waals surface area contributed by atoms with Crippen molar-refractivity contribution in [2.75, 3.05) is 19.0 Å². The van der Waals surface area contributed by atoms with E-state index < -0.39 is 17.8 Å². The second-order valence-electron chi connectivity index (χ2n) is 3.40. The fourth-order valence-corrected chi connectivity index (χ4v) is 1.17. The highest BCUT2D eigenvalue weighted by Gasteiger charge is 2.07. The Labute approximate surface area is 104 Å². The van der Waals surface area contributed by atoms with Crippen LogP contribution in [0.2, 0.25) is 0 Å². The molecular formula is C12H13NO5. The van der Waals surface area contributed by atoms with Crippen LogP contribution in [0.1, 0.15) is 17.3 Å². The Morgan fingerprint density at radius 2 is 1.78 bits per heavy atom. The molecule has 96 valence electrons. The number of ether oxygens (including phenoxy) is 2. The second-order valence-corrected chi connectivity index (χ2v) is 3.40. The lowest BCUT2D eigenvalue weighted by Crippen LogP contribution is -2.19. The lowest BCUT2D eigenvalue weighted by molar-refractivity contribution is -0.144. The summed E-state index contributed by atoms with van der Waals surface area (Å²) in [6.45, 7) is 0.881. The molecular weight excluding hydrogens is 238 g/mol. The zero-order chi connectivity index (χ0) is 13.5. The summed E-state index contributed by atoms with van der Waals surface area (Å²) in [5.74, 6) is -1.42. The molecule has 18 heavy (non-hydrogen) atoms. The Morgan fingerprint density at radius 3 is 2.28 bits per heavy atom. The number of esters is 2. The summed E-state index contributed by atoms with van der Waals surface area (Å²) in [6, 6.07) is 6.15. The molecule has 1 rings (SSSR count).